The van der Waals surface area contributed by atoms with Gasteiger partial charge in [-0.2, -0.15) is 11.8 Å². The number of benzene rings is 2. The highest BCUT2D eigenvalue weighted by Gasteiger charge is 2.36. The minimum atomic E-state index is -0.202. The number of hydrogen-bond donors (Lipinski definition) is 0. The molecule has 0 aliphatic carbocycles. The molecule has 39 heavy (non-hydrogen) atoms. The SMILES string of the molecule is COC(c1cc(Cl)c2c(c1Cl)C(=O)N(Cc1c(OCc3ccccc3)nc(C)c3ccoc13)CC2)C1CSC1. The highest BCUT2D eigenvalue weighted by molar-refractivity contribution is 8.00. The molecule has 1 amide bonds. The Morgan fingerprint density at radius 2 is 2.00 bits per heavy atom. The number of pyridine rings is 1. The minimum absolute atomic E-state index is 0.169. The van der Waals surface area contributed by atoms with Crippen LogP contribution in [0.15, 0.2) is 53.1 Å². The smallest absolute Gasteiger partial charge is 0.256 e. The van der Waals surface area contributed by atoms with Gasteiger partial charge in [-0.3, -0.25) is 4.79 Å². The van der Waals surface area contributed by atoms with Crippen molar-refractivity contribution in [1.82, 2.24) is 9.88 Å². The third-order valence-corrected chi connectivity index (χ3v) is 9.63. The van der Waals surface area contributed by atoms with Gasteiger partial charge in [-0.05, 0) is 48.1 Å². The van der Waals surface area contributed by atoms with E-state index in [4.69, 9.17) is 42.1 Å². The zero-order valence-electron chi connectivity index (χ0n) is 21.7. The molecule has 2 aliphatic rings. The van der Waals surface area contributed by atoms with Crippen molar-refractivity contribution in [2.24, 2.45) is 5.92 Å². The number of aromatic nitrogens is 1. The van der Waals surface area contributed by atoms with E-state index in [9.17, 15) is 4.79 Å². The number of rotatable bonds is 8. The van der Waals surface area contributed by atoms with Crippen molar-refractivity contribution in [2.45, 2.75) is 32.6 Å². The first-order chi connectivity index (χ1) is 19.0. The van der Waals surface area contributed by atoms with Crippen LogP contribution in [0.3, 0.4) is 0 Å². The standard InChI is InChI=1S/C30H28Cl2N2O4S/c1-17-20-9-11-37-28(20)23(29(33-17)38-14-18-6-4-3-5-7-18)13-34-10-8-21-24(31)12-22(26(32)25(21)30(34)35)27(36-2)19-15-39-16-19/h3-7,9,11-12,19,27H,8,10,13-16H2,1-2H3. The molecule has 2 aromatic heterocycles. The molecule has 1 unspecified atom stereocenters. The van der Waals surface area contributed by atoms with Gasteiger partial charge in [0.25, 0.3) is 5.91 Å². The lowest BCUT2D eigenvalue weighted by atomic mass is 9.90. The zero-order valence-corrected chi connectivity index (χ0v) is 24.0. The van der Waals surface area contributed by atoms with Gasteiger partial charge in [-0.1, -0.05) is 53.5 Å². The Kier molecular flexibility index (Phi) is 7.51. The number of aryl methyl sites for hydroxylation is 1. The van der Waals surface area contributed by atoms with Crippen LogP contribution in [0.25, 0.3) is 11.0 Å². The summed E-state index contributed by atoms with van der Waals surface area (Å²) in [5.74, 6) is 2.62. The van der Waals surface area contributed by atoms with E-state index < -0.39 is 0 Å². The van der Waals surface area contributed by atoms with Crippen LogP contribution >= 0.6 is 35.0 Å². The highest BCUT2D eigenvalue weighted by atomic mass is 35.5. The molecule has 0 radical (unpaired) electrons. The topological polar surface area (TPSA) is 64.8 Å². The molecule has 2 aromatic carbocycles. The normalized spacial score (nSPS) is 16.3. The van der Waals surface area contributed by atoms with E-state index in [1.54, 1.807) is 18.3 Å². The third kappa shape index (κ3) is 4.91. The second-order valence-electron chi connectivity index (χ2n) is 9.96. The van der Waals surface area contributed by atoms with Crippen LogP contribution in [0, 0.1) is 12.8 Å². The summed E-state index contributed by atoms with van der Waals surface area (Å²) in [5.41, 5.74) is 5.26. The van der Waals surface area contributed by atoms with Gasteiger partial charge in [-0.25, -0.2) is 4.98 Å². The van der Waals surface area contributed by atoms with Gasteiger partial charge in [0.2, 0.25) is 5.88 Å². The van der Waals surface area contributed by atoms with E-state index in [1.807, 2.05) is 61.2 Å². The summed E-state index contributed by atoms with van der Waals surface area (Å²) in [6, 6.07) is 13.7. The lowest BCUT2D eigenvalue weighted by Crippen LogP contribution is -2.38. The number of furan rings is 1. The van der Waals surface area contributed by atoms with Gasteiger partial charge in [0.1, 0.15) is 12.2 Å². The maximum absolute atomic E-state index is 14.0. The van der Waals surface area contributed by atoms with Crippen LogP contribution in [0.1, 0.15) is 44.4 Å². The molecule has 0 saturated carbocycles. The summed E-state index contributed by atoms with van der Waals surface area (Å²) in [6.07, 6.45) is 2.04. The van der Waals surface area contributed by atoms with Crippen molar-refractivity contribution < 1.29 is 18.7 Å². The fraction of sp³-hybridized carbons (Fsp3) is 0.333. The number of amides is 1. The molecule has 1 saturated heterocycles. The molecule has 2 aliphatic heterocycles. The summed E-state index contributed by atoms with van der Waals surface area (Å²) >= 11 is 15.6. The summed E-state index contributed by atoms with van der Waals surface area (Å²) in [4.78, 5) is 20.5. The van der Waals surface area contributed by atoms with Gasteiger partial charge < -0.3 is 18.8 Å². The number of carbonyl (C=O) groups is 1. The van der Waals surface area contributed by atoms with Gasteiger partial charge in [-0.15, -0.1) is 0 Å². The maximum atomic E-state index is 14.0. The summed E-state index contributed by atoms with van der Waals surface area (Å²) in [5, 5.41) is 1.88. The Morgan fingerprint density at radius 3 is 2.72 bits per heavy atom. The van der Waals surface area contributed by atoms with Gasteiger partial charge in [0.15, 0.2) is 0 Å². The van der Waals surface area contributed by atoms with Crippen molar-refractivity contribution >= 4 is 51.8 Å². The predicted molar refractivity (Wildman–Crippen MR) is 155 cm³/mol. The average Bonchev–Trinajstić information content (AvgIpc) is 3.41. The largest absolute Gasteiger partial charge is 0.472 e. The number of thioether (sulfide) groups is 1. The van der Waals surface area contributed by atoms with Gasteiger partial charge in [0, 0.05) is 35.5 Å². The lowest BCUT2D eigenvalue weighted by Gasteiger charge is -2.35. The van der Waals surface area contributed by atoms with E-state index in [-0.39, 0.29) is 18.6 Å². The molecule has 4 heterocycles. The molecule has 6 nitrogen and oxygen atoms in total. The van der Waals surface area contributed by atoms with Crippen LogP contribution in [0.2, 0.25) is 10.0 Å². The molecular formula is C30H28Cl2N2O4S. The Hall–Kier alpha value is -2.71. The summed E-state index contributed by atoms with van der Waals surface area (Å²) < 4.78 is 17.9. The molecule has 1 atom stereocenters. The lowest BCUT2D eigenvalue weighted by molar-refractivity contribution is 0.0636. The highest BCUT2D eigenvalue weighted by Crippen LogP contribution is 2.44. The number of halogens is 2. The molecule has 4 aromatic rings. The maximum Gasteiger partial charge on any atom is 0.256 e. The second kappa shape index (κ2) is 11.0. The fourth-order valence-electron chi connectivity index (χ4n) is 5.40. The minimum Gasteiger partial charge on any atom is -0.472 e. The average molecular weight is 584 g/mol. The van der Waals surface area contributed by atoms with Gasteiger partial charge >= 0.3 is 0 Å². The molecule has 0 bridgehead atoms. The van der Waals surface area contributed by atoms with Gasteiger partial charge in [0.05, 0.1) is 40.8 Å². The van der Waals surface area contributed by atoms with E-state index in [0.717, 1.165) is 44.8 Å². The number of ether oxygens (including phenoxy) is 2. The molecular weight excluding hydrogens is 555 g/mol. The number of carbonyl (C=O) groups excluding carboxylic acids is 1. The van der Waals surface area contributed by atoms with Crippen molar-refractivity contribution in [3.63, 3.8) is 0 Å². The predicted octanol–water partition coefficient (Wildman–Crippen LogP) is 7.27. The Bertz CT molecular complexity index is 1540. The quantitative estimate of drug-likeness (QED) is 0.217. The first-order valence-electron chi connectivity index (χ1n) is 12.9. The van der Waals surface area contributed by atoms with Crippen molar-refractivity contribution in [3.05, 3.63) is 92.3 Å². The number of fused-ring (bicyclic) bond motifs is 2. The summed E-state index contributed by atoms with van der Waals surface area (Å²) in [6.45, 7) is 3.04. The molecule has 0 N–H and O–H groups in total. The zero-order chi connectivity index (χ0) is 27.1. The van der Waals surface area contributed by atoms with Crippen LogP contribution in [0.4, 0.5) is 0 Å². The Balaban J connectivity index is 1.35. The molecule has 202 valence electrons. The molecule has 0 spiro atoms. The molecule has 9 heteroatoms. The van der Waals surface area contributed by atoms with Crippen molar-refractivity contribution in [2.75, 3.05) is 25.2 Å². The monoisotopic (exact) mass is 582 g/mol. The Morgan fingerprint density at radius 1 is 1.21 bits per heavy atom. The molecule has 6 rings (SSSR count). The van der Waals surface area contributed by atoms with Crippen LogP contribution in [0.5, 0.6) is 5.88 Å². The van der Waals surface area contributed by atoms with Crippen LogP contribution in [-0.4, -0.2) is 41.0 Å². The van der Waals surface area contributed by atoms with E-state index in [2.05, 4.69) is 0 Å². The number of nitrogens with zero attached hydrogens (tertiary/aromatic N) is 2. The van der Waals surface area contributed by atoms with Crippen LogP contribution < -0.4 is 4.74 Å². The van der Waals surface area contributed by atoms with Crippen molar-refractivity contribution in [1.29, 1.82) is 0 Å². The van der Waals surface area contributed by atoms with E-state index in [1.165, 1.54) is 0 Å². The van der Waals surface area contributed by atoms with Crippen LogP contribution in [-0.2, 0) is 24.3 Å². The third-order valence-electron chi connectivity index (χ3n) is 7.55. The van der Waals surface area contributed by atoms with E-state index in [0.29, 0.717) is 52.6 Å². The number of methoxy groups -OCH3 is 1. The molecule has 1 fully saturated rings. The second-order valence-corrected chi connectivity index (χ2v) is 11.8. The van der Waals surface area contributed by atoms with E-state index >= 15 is 0 Å². The Labute approximate surface area is 241 Å². The summed E-state index contributed by atoms with van der Waals surface area (Å²) in [7, 11) is 1.68. The number of hydrogen-bond acceptors (Lipinski definition) is 6. The first-order valence-corrected chi connectivity index (χ1v) is 14.8. The van der Waals surface area contributed by atoms with Crippen molar-refractivity contribution in [3.8, 4) is 5.88 Å². The fourth-order valence-corrected chi connectivity index (χ4v) is 6.92. The first kappa shape index (κ1) is 26.5.